The Kier molecular flexibility index (Phi) is 4.79. The zero-order valence-corrected chi connectivity index (χ0v) is 14.1. The number of hydrogen-bond donors (Lipinski definition) is 2. The molecular weight excluding hydrogens is 379 g/mol. The lowest BCUT2D eigenvalue weighted by Crippen LogP contribution is -2.28. The molecule has 8 nitrogen and oxygen atoms in total. The minimum absolute atomic E-state index is 0. The number of ether oxygens (including phenoxy) is 1. The van der Waals surface area contributed by atoms with E-state index in [1.165, 1.54) is 21.3 Å². The molecule has 0 aliphatic heterocycles. The molecule has 11 heteroatoms. The number of nitrogens with zero attached hydrogens (tertiary/aromatic N) is 4. The van der Waals surface area contributed by atoms with Crippen molar-refractivity contribution in [1.82, 2.24) is 14.9 Å². The lowest BCUT2D eigenvalue weighted by Gasteiger charge is -2.08. The number of hydrogen-bond acceptors (Lipinski definition) is 6. The minimum atomic E-state index is -4.78. The van der Waals surface area contributed by atoms with Gasteiger partial charge in [0.2, 0.25) is 0 Å². The average molecular weight is 393 g/mol. The Hall–Kier alpha value is -3.44. The molecule has 0 unspecified atom stereocenters. The van der Waals surface area contributed by atoms with E-state index in [2.05, 4.69) is 14.9 Å². The van der Waals surface area contributed by atoms with E-state index in [1.807, 2.05) is 6.07 Å². The fraction of sp³-hybridized carbons (Fsp3) is 0.118. The van der Waals surface area contributed by atoms with Crippen molar-refractivity contribution in [2.75, 3.05) is 0 Å². The van der Waals surface area contributed by atoms with E-state index in [4.69, 9.17) is 5.73 Å². The Balaban J connectivity index is 0.00000225. The number of aromatic hydroxyl groups is 1. The molecule has 2 heterocycles. The van der Waals surface area contributed by atoms with Gasteiger partial charge in [0.05, 0.1) is 0 Å². The maximum Gasteiger partial charge on any atom is 0.573 e. The topological polar surface area (TPSA) is 120 Å². The summed E-state index contributed by atoms with van der Waals surface area (Å²) in [5.74, 6) is -0.594. The third kappa shape index (κ3) is 3.28. The van der Waals surface area contributed by atoms with Gasteiger partial charge in [0, 0.05) is 6.54 Å². The molecule has 0 fully saturated rings. The molecule has 0 radical (unpaired) electrons. The first-order valence-electron chi connectivity index (χ1n) is 7.85. The highest BCUT2D eigenvalue weighted by Crippen LogP contribution is 2.27. The van der Waals surface area contributed by atoms with Crippen molar-refractivity contribution in [3.8, 4) is 17.3 Å². The predicted molar refractivity (Wildman–Crippen MR) is 90.2 cm³/mol. The first-order valence-corrected chi connectivity index (χ1v) is 7.85. The molecule has 4 rings (SSSR count). The third-order valence-corrected chi connectivity index (χ3v) is 3.95. The predicted octanol–water partition coefficient (Wildman–Crippen LogP) is 2.05. The summed E-state index contributed by atoms with van der Waals surface area (Å²) in [4.78, 5) is 4.44. The van der Waals surface area contributed by atoms with Crippen LogP contribution in [0.2, 0.25) is 0 Å². The van der Waals surface area contributed by atoms with Gasteiger partial charge in [-0.1, -0.05) is 21.3 Å². The van der Waals surface area contributed by atoms with Crippen molar-refractivity contribution >= 4 is 16.6 Å². The van der Waals surface area contributed by atoms with Gasteiger partial charge in [-0.25, -0.2) is 4.98 Å². The fourth-order valence-corrected chi connectivity index (χ4v) is 2.83. The SMILES string of the molecule is NCc1nc2ccccc2[n+]2nn(-c3ccc(OC(F)(F)F)cc3)c(O)c12.[OH-]. The summed E-state index contributed by atoms with van der Waals surface area (Å²) >= 11 is 0. The fourth-order valence-electron chi connectivity index (χ4n) is 2.83. The lowest BCUT2D eigenvalue weighted by atomic mass is 10.2. The third-order valence-electron chi connectivity index (χ3n) is 3.95. The molecule has 2 aromatic heterocycles. The van der Waals surface area contributed by atoms with Crippen molar-refractivity contribution < 1.29 is 33.0 Å². The summed E-state index contributed by atoms with van der Waals surface area (Å²) in [6.45, 7) is 0.0753. The molecule has 0 spiro atoms. The Morgan fingerprint density at radius 1 is 1.11 bits per heavy atom. The molecular formula is C17H14F3N5O3. The Morgan fingerprint density at radius 3 is 2.43 bits per heavy atom. The van der Waals surface area contributed by atoms with E-state index in [1.54, 1.807) is 18.2 Å². The number of alkyl halides is 3. The van der Waals surface area contributed by atoms with Gasteiger partial charge < -0.3 is 21.1 Å². The second kappa shape index (κ2) is 6.94. The number of nitrogens with two attached hydrogens (primary N) is 1. The molecule has 2 aromatic carbocycles. The van der Waals surface area contributed by atoms with Gasteiger partial charge in [-0.05, 0) is 36.4 Å². The largest absolute Gasteiger partial charge is 0.870 e. The highest BCUT2D eigenvalue weighted by Gasteiger charge is 2.31. The maximum atomic E-state index is 12.3. The first-order chi connectivity index (χ1) is 12.9. The average Bonchev–Trinajstić information content (AvgIpc) is 2.98. The summed E-state index contributed by atoms with van der Waals surface area (Å²) in [6, 6.07) is 12.2. The zero-order chi connectivity index (χ0) is 19.2. The number of halogens is 3. The van der Waals surface area contributed by atoms with E-state index in [0.29, 0.717) is 27.9 Å². The van der Waals surface area contributed by atoms with Gasteiger partial charge in [0.1, 0.15) is 22.2 Å². The van der Waals surface area contributed by atoms with Gasteiger partial charge >= 0.3 is 12.2 Å². The van der Waals surface area contributed by atoms with E-state index >= 15 is 0 Å². The molecule has 4 aromatic rings. The number of benzene rings is 2. The van der Waals surface area contributed by atoms with E-state index in [-0.39, 0.29) is 23.7 Å². The molecule has 0 saturated carbocycles. The standard InChI is InChI=1S/C17H12F3N5O2.H2O/c18-17(19,20)27-11-7-5-10(6-8-11)24-16(26)15-13(9-21)22-12-3-1-2-4-14(12)25(15)23-24;/h1-8H,9,21H2;1H2. The molecule has 28 heavy (non-hydrogen) atoms. The van der Waals surface area contributed by atoms with Crippen LogP contribution < -0.4 is 15.0 Å². The highest BCUT2D eigenvalue weighted by molar-refractivity contribution is 5.74. The van der Waals surface area contributed by atoms with Crippen LogP contribution >= 0.6 is 0 Å². The molecule has 0 atom stereocenters. The van der Waals surface area contributed by atoms with Gasteiger partial charge in [-0.3, -0.25) is 0 Å². The van der Waals surface area contributed by atoms with Crippen LogP contribution in [-0.4, -0.2) is 31.8 Å². The molecule has 0 bridgehead atoms. The van der Waals surface area contributed by atoms with Crippen molar-refractivity contribution in [3.05, 3.63) is 54.2 Å². The van der Waals surface area contributed by atoms with Crippen LogP contribution in [0.5, 0.6) is 11.6 Å². The maximum absolute atomic E-state index is 12.3. The lowest BCUT2D eigenvalue weighted by molar-refractivity contribution is -0.556. The van der Waals surface area contributed by atoms with Crippen LogP contribution in [0.1, 0.15) is 5.69 Å². The normalized spacial score (nSPS) is 11.6. The van der Waals surface area contributed by atoms with Crippen LogP contribution in [0.25, 0.3) is 22.2 Å². The van der Waals surface area contributed by atoms with Crippen LogP contribution in [0.4, 0.5) is 13.2 Å². The molecule has 0 saturated heterocycles. The summed E-state index contributed by atoms with van der Waals surface area (Å²) in [5.41, 5.74) is 8.16. The second-order valence-electron chi connectivity index (χ2n) is 5.68. The minimum Gasteiger partial charge on any atom is -0.870 e. The summed E-state index contributed by atoms with van der Waals surface area (Å²) in [5, 5.41) is 15.0. The molecule has 146 valence electrons. The molecule has 4 N–H and O–H groups in total. The van der Waals surface area contributed by atoms with E-state index in [0.717, 1.165) is 12.1 Å². The van der Waals surface area contributed by atoms with E-state index in [9.17, 15) is 18.3 Å². The highest BCUT2D eigenvalue weighted by atomic mass is 19.4. The summed E-state index contributed by atoms with van der Waals surface area (Å²) < 4.78 is 43.4. The molecule has 0 aliphatic rings. The van der Waals surface area contributed by atoms with Gasteiger partial charge in [0.15, 0.2) is 11.2 Å². The van der Waals surface area contributed by atoms with Crippen LogP contribution in [-0.2, 0) is 6.54 Å². The van der Waals surface area contributed by atoms with Crippen LogP contribution in [0.3, 0.4) is 0 Å². The molecule has 0 amide bonds. The Morgan fingerprint density at radius 2 is 1.79 bits per heavy atom. The zero-order valence-electron chi connectivity index (χ0n) is 14.1. The van der Waals surface area contributed by atoms with Crippen molar-refractivity contribution in [2.45, 2.75) is 12.9 Å². The first kappa shape index (κ1) is 19.3. The number of aromatic nitrogens is 4. The van der Waals surface area contributed by atoms with E-state index < -0.39 is 6.36 Å². The van der Waals surface area contributed by atoms with Crippen molar-refractivity contribution in [3.63, 3.8) is 0 Å². The molecule has 0 aliphatic carbocycles. The van der Waals surface area contributed by atoms with Gasteiger partial charge in [0.25, 0.3) is 5.52 Å². The number of fused-ring (bicyclic) bond motifs is 3. The van der Waals surface area contributed by atoms with Gasteiger partial charge in [-0.2, -0.15) is 0 Å². The second-order valence-corrected chi connectivity index (χ2v) is 5.68. The number of rotatable bonds is 3. The smallest absolute Gasteiger partial charge is 0.573 e. The van der Waals surface area contributed by atoms with Crippen molar-refractivity contribution in [2.24, 2.45) is 5.73 Å². The van der Waals surface area contributed by atoms with Crippen molar-refractivity contribution in [1.29, 1.82) is 0 Å². The van der Waals surface area contributed by atoms with Crippen LogP contribution in [0.15, 0.2) is 48.5 Å². The van der Waals surface area contributed by atoms with Gasteiger partial charge in [-0.15, -0.1) is 13.2 Å². The quantitative estimate of drug-likeness (QED) is 0.514. The summed E-state index contributed by atoms with van der Waals surface area (Å²) in [6.07, 6.45) is -4.78. The monoisotopic (exact) mass is 393 g/mol. The summed E-state index contributed by atoms with van der Waals surface area (Å²) in [7, 11) is 0. The Labute approximate surface area is 155 Å². The Bertz CT molecular complexity index is 1140. The number of para-hydroxylation sites is 2. The van der Waals surface area contributed by atoms with Crippen LogP contribution in [0, 0.1) is 0 Å².